The predicted molar refractivity (Wildman–Crippen MR) is 150 cm³/mol. The Kier molecular flexibility index (Phi) is 6.02. The predicted octanol–water partition coefficient (Wildman–Crippen LogP) is 5.22. The molecule has 38 heavy (non-hydrogen) atoms. The van der Waals surface area contributed by atoms with Crippen LogP contribution in [0.5, 0.6) is 11.8 Å². The molecule has 0 saturated heterocycles. The van der Waals surface area contributed by atoms with Crippen molar-refractivity contribution in [1.82, 2.24) is 19.4 Å². The average molecular weight is 570 g/mol. The monoisotopic (exact) mass is 569 g/mol. The Hall–Kier alpha value is -3.32. The Bertz CT molecular complexity index is 1720. The van der Waals surface area contributed by atoms with Crippen molar-refractivity contribution in [3.8, 4) is 22.5 Å². The molecule has 0 aliphatic carbocycles. The maximum Gasteiger partial charge on any atom is 0.274 e. The molecule has 3 N–H and O–H groups in total. The van der Waals surface area contributed by atoms with Crippen molar-refractivity contribution in [3.05, 3.63) is 64.0 Å². The van der Waals surface area contributed by atoms with Gasteiger partial charge in [0.05, 0.1) is 16.9 Å². The fourth-order valence-corrected chi connectivity index (χ4v) is 8.76. The summed E-state index contributed by atoms with van der Waals surface area (Å²) in [5.74, 6) is 0.214. The fourth-order valence-electron chi connectivity index (χ4n) is 5.08. The first-order valence-electron chi connectivity index (χ1n) is 12.1. The summed E-state index contributed by atoms with van der Waals surface area (Å²) < 4.78 is 30.2. The first-order chi connectivity index (χ1) is 18.1. The number of thiophene rings is 1. The lowest BCUT2D eigenvalue weighted by molar-refractivity contribution is 0.266. The van der Waals surface area contributed by atoms with Crippen molar-refractivity contribution < 1.29 is 18.6 Å². The summed E-state index contributed by atoms with van der Waals surface area (Å²) in [4.78, 5) is 11.3. The van der Waals surface area contributed by atoms with Gasteiger partial charge in [0.1, 0.15) is 9.22 Å². The van der Waals surface area contributed by atoms with E-state index in [0.717, 1.165) is 37.6 Å². The zero-order valence-corrected chi connectivity index (χ0v) is 23.5. The van der Waals surface area contributed by atoms with E-state index in [2.05, 4.69) is 14.9 Å². The van der Waals surface area contributed by atoms with E-state index in [0.29, 0.717) is 29.5 Å². The minimum atomic E-state index is -3.72. The highest BCUT2D eigenvalue weighted by atomic mass is 32.2. The Labute approximate surface area is 228 Å². The number of sulfonamides is 1. The van der Waals surface area contributed by atoms with E-state index in [1.807, 2.05) is 44.3 Å². The Morgan fingerprint density at radius 2 is 1.87 bits per heavy atom. The van der Waals surface area contributed by atoms with Gasteiger partial charge in [0.2, 0.25) is 0 Å². The minimum Gasteiger partial charge on any atom is -0.494 e. The number of benzene rings is 1. The van der Waals surface area contributed by atoms with Gasteiger partial charge in [0, 0.05) is 60.3 Å². The molecule has 1 aliphatic rings. The number of aromatic hydroxyl groups is 2. The van der Waals surface area contributed by atoms with Crippen molar-refractivity contribution in [2.24, 2.45) is 7.05 Å². The highest BCUT2D eigenvalue weighted by Gasteiger charge is 2.31. The molecule has 5 aromatic rings. The summed E-state index contributed by atoms with van der Waals surface area (Å²) >= 11 is 2.77. The maximum absolute atomic E-state index is 13.5. The average Bonchev–Trinajstić information content (AvgIpc) is 3.69. The zero-order valence-electron chi connectivity index (χ0n) is 21.0. The van der Waals surface area contributed by atoms with E-state index in [1.54, 1.807) is 35.9 Å². The van der Waals surface area contributed by atoms with E-state index in [4.69, 9.17) is 0 Å². The maximum atomic E-state index is 13.5. The number of anilines is 1. The molecule has 0 saturated carbocycles. The third-order valence-corrected chi connectivity index (χ3v) is 11.2. The van der Waals surface area contributed by atoms with Crippen molar-refractivity contribution >= 4 is 49.3 Å². The lowest BCUT2D eigenvalue weighted by Gasteiger charge is -2.28. The number of hydrogen-bond acceptors (Lipinski definition) is 8. The smallest absolute Gasteiger partial charge is 0.274 e. The minimum absolute atomic E-state index is 0.107. The van der Waals surface area contributed by atoms with Gasteiger partial charge < -0.3 is 15.2 Å². The number of fused-ring (bicyclic) bond motifs is 2. The SMILES string of the molecule is CC(C)N(c1cccc2cc(-c3ncc(CN4Cc5c(c(O)n(C)c5O)C4)s3)[nH]c12)S(=O)(=O)c1cccs1. The van der Waals surface area contributed by atoms with Crippen LogP contribution in [0, 0.1) is 0 Å². The highest BCUT2D eigenvalue weighted by molar-refractivity contribution is 7.94. The van der Waals surface area contributed by atoms with Crippen molar-refractivity contribution in [3.63, 3.8) is 0 Å². The molecule has 5 heterocycles. The van der Waals surface area contributed by atoms with Crippen LogP contribution in [0.4, 0.5) is 5.69 Å². The molecule has 198 valence electrons. The van der Waals surface area contributed by atoms with Crippen LogP contribution in [-0.4, -0.2) is 44.1 Å². The largest absolute Gasteiger partial charge is 0.494 e. The van der Waals surface area contributed by atoms with Crippen LogP contribution in [0.3, 0.4) is 0 Å². The zero-order chi connectivity index (χ0) is 26.8. The van der Waals surface area contributed by atoms with Crippen LogP contribution in [0.2, 0.25) is 0 Å². The van der Waals surface area contributed by atoms with Crippen molar-refractivity contribution in [1.29, 1.82) is 0 Å². The molecule has 0 fully saturated rings. The molecule has 0 amide bonds. The van der Waals surface area contributed by atoms with Gasteiger partial charge in [-0.2, -0.15) is 0 Å². The van der Waals surface area contributed by atoms with Gasteiger partial charge in [0.25, 0.3) is 10.0 Å². The van der Waals surface area contributed by atoms with E-state index >= 15 is 0 Å². The third-order valence-electron chi connectivity index (χ3n) is 6.82. The van der Waals surface area contributed by atoms with Crippen LogP contribution in [0.15, 0.2) is 52.2 Å². The molecule has 0 unspecified atom stereocenters. The molecule has 4 aromatic heterocycles. The van der Waals surface area contributed by atoms with Crippen LogP contribution < -0.4 is 4.31 Å². The molecule has 0 spiro atoms. The normalized spacial score (nSPS) is 14.1. The van der Waals surface area contributed by atoms with Crippen molar-refractivity contribution in [2.45, 2.75) is 43.7 Å². The van der Waals surface area contributed by atoms with Crippen LogP contribution in [0.25, 0.3) is 21.6 Å². The molecular formula is C26H27N5O4S3. The number of hydrogen-bond donors (Lipinski definition) is 3. The van der Waals surface area contributed by atoms with Gasteiger partial charge in [0.15, 0.2) is 11.8 Å². The lowest BCUT2D eigenvalue weighted by Crippen LogP contribution is -2.36. The molecule has 12 heteroatoms. The summed E-state index contributed by atoms with van der Waals surface area (Å²) in [5, 5.41) is 24.0. The number of para-hydroxylation sites is 1. The number of nitrogens with zero attached hydrogens (tertiary/aromatic N) is 4. The number of thiazole rings is 1. The molecule has 0 bridgehead atoms. The standard InChI is InChI=1S/C26H27N5O4S3/c1-15(2)31(38(34,35)22-8-5-9-36-22)21-7-4-6-16-10-20(28-23(16)21)24-27-11-17(37-24)12-30-13-18-19(14-30)26(33)29(3)25(18)32/h4-11,15,28,32-33H,12-14H2,1-3H3. The summed E-state index contributed by atoms with van der Waals surface area (Å²) in [6.45, 7) is 5.50. The molecule has 1 aliphatic heterocycles. The number of nitrogens with one attached hydrogen (secondary N) is 1. The fraction of sp³-hybridized carbons (Fsp3) is 0.269. The molecule has 1 aromatic carbocycles. The topological polar surface area (TPSA) is 115 Å². The first-order valence-corrected chi connectivity index (χ1v) is 15.2. The summed E-state index contributed by atoms with van der Waals surface area (Å²) in [7, 11) is -2.07. The van der Waals surface area contributed by atoms with E-state index in [1.165, 1.54) is 20.2 Å². The molecule has 0 atom stereocenters. The second-order valence-electron chi connectivity index (χ2n) is 9.69. The Morgan fingerprint density at radius 3 is 2.53 bits per heavy atom. The highest BCUT2D eigenvalue weighted by Crippen LogP contribution is 2.40. The first kappa shape index (κ1) is 25.0. The number of aromatic amines is 1. The molecule has 6 rings (SSSR count). The third kappa shape index (κ3) is 3.99. The van der Waals surface area contributed by atoms with Crippen LogP contribution >= 0.6 is 22.7 Å². The molecule has 0 radical (unpaired) electrons. The van der Waals surface area contributed by atoms with Gasteiger partial charge in [-0.1, -0.05) is 18.2 Å². The number of rotatable bonds is 7. The summed E-state index contributed by atoms with van der Waals surface area (Å²) in [6, 6.07) is 10.8. The quantitative estimate of drug-likeness (QED) is 0.248. The van der Waals surface area contributed by atoms with Gasteiger partial charge in [-0.05, 0) is 37.4 Å². The Balaban J connectivity index is 1.29. The Morgan fingerprint density at radius 1 is 1.13 bits per heavy atom. The van der Waals surface area contributed by atoms with Gasteiger partial charge in [-0.3, -0.25) is 13.8 Å². The van der Waals surface area contributed by atoms with Crippen molar-refractivity contribution in [2.75, 3.05) is 4.31 Å². The van der Waals surface area contributed by atoms with Gasteiger partial charge >= 0.3 is 0 Å². The molecular weight excluding hydrogens is 543 g/mol. The second-order valence-corrected chi connectivity index (χ2v) is 13.8. The van der Waals surface area contributed by atoms with E-state index in [9.17, 15) is 18.6 Å². The second kappa shape index (κ2) is 9.16. The van der Waals surface area contributed by atoms with Crippen LogP contribution in [0.1, 0.15) is 29.9 Å². The molecule has 9 nitrogen and oxygen atoms in total. The van der Waals surface area contributed by atoms with E-state index in [-0.39, 0.29) is 17.8 Å². The summed E-state index contributed by atoms with van der Waals surface area (Å²) in [6.07, 6.45) is 1.84. The number of H-pyrrole nitrogens is 1. The van der Waals surface area contributed by atoms with Gasteiger partial charge in [-0.15, -0.1) is 22.7 Å². The van der Waals surface area contributed by atoms with Crippen LogP contribution in [-0.2, 0) is 36.7 Å². The summed E-state index contributed by atoms with van der Waals surface area (Å²) in [5.41, 5.74) is 3.70. The van der Waals surface area contributed by atoms with E-state index < -0.39 is 10.0 Å². The van der Waals surface area contributed by atoms with Gasteiger partial charge in [-0.25, -0.2) is 13.4 Å². The number of aromatic nitrogens is 3. The lowest BCUT2D eigenvalue weighted by atomic mass is 10.2.